The monoisotopic (exact) mass is 384 g/mol. The molecule has 1 unspecified atom stereocenters. The summed E-state index contributed by atoms with van der Waals surface area (Å²) in [5, 5.41) is 0. The van der Waals surface area contributed by atoms with E-state index >= 15 is 0 Å². The van der Waals surface area contributed by atoms with E-state index in [1.165, 1.54) is 32.1 Å². The van der Waals surface area contributed by atoms with Crippen molar-refractivity contribution in [3.8, 4) is 0 Å². The largest absolute Gasteiger partial charge is 0.466 e. The molecule has 5 heteroatoms. The SMILES string of the molecule is CCOC(=O)CC1C(=O)N(C2CCN(C3CCCCC3)CC2)c2ccccc21. The third-order valence-electron chi connectivity index (χ3n) is 6.74. The maximum Gasteiger partial charge on any atom is 0.306 e. The van der Waals surface area contributed by atoms with Crippen molar-refractivity contribution in [2.75, 3.05) is 24.6 Å². The van der Waals surface area contributed by atoms with E-state index in [1.54, 1.807) is 6.92 Å². The van der Waals surface area contributed by atoms with E-state index in [-0.39, 0.29) is 24.3 Å². The van der Waals surface area contributed by atoms with Gasteiger partial charge in [-0.15, -0.1) is 0 Å². The van der Waals surface area contributed by atoms with E-state index in [0.717, 1.165) is 43.2 Å². The van der Waals surface area contributed by atoms with Gasteiger partial charge in [-0.05, 0) is 44.2 Å². The Morgan fingerprint density at radius 3 is 2.46 bits per heavy atom. The van der Waals surface area contributed by atoms with E-state index in [2.05, 4.69) is 4.90 Å². The molecule has 2 heterocycles. The van der Waals surface area contributed by atoms with Crippen LogP contribution in [0, 0.1) is 0 Å². The van der Waals surface area contributed by atoms with Crippen LogP contribution in [0.1, 0.15) is 69.8 Å². The van der Waals surface area contributed by atoms with E-state index in [0.29, 0.717) is 6.61 Å². The van der Waals surface area contributed by atoms with E-state index in [1.807, 2.05) is 29.2 Å². The highest BCUT2D eigenvalue weighted by Gasteiger charge is 2.42. The molecule has 1 saturated heterocycles. The van der Waals surface area contributed by atoms with Crippen LogP contribution in [0.4, 0.5) is 5.69 Å². The van der Waals surface area contributed by atoms with Gasteiger partial charge in [-0.2, -0.15) is 0 Å². The zero-order valence-electron chi connectivity index (χ0n) is 16.9. The molecule has 0 N–H and O–H groups in total. The first kappa shape index (κ1) is 19.4. The van der Waals surface area contributed by atoms with E-state index < -0.39 is 5.92 Å². The van der Waals surface area contributed by atoms with Crippen LogP contribution in [0.25, 0.3) is 0 Å². The molecule has 0 aromatic heterocycles. The third-order valence-corrected chi connectivity index (χ3v) is 6.74. The Morgan fingerprint density at radius 1 is 1.04 bits per heavy atom. The zero-order valence-corrected chi connectivity index (χ0v) is 16.9. The van der Waals surface area contributed by atoms with Gasteiger partial charge in [0, 0.05) is 30.9 Å². The lowest BCUT2D eigenvalue weighted by Crippen LogP contribution is -2.49. The molecule has 152 valence electrons. The minimum atomic E-state index is -0.397. The average molecular weight is 385 g/mol. The van der Waals surface area contributed by atoms with Gasteiger partial charge in [0.2, 0.25) is 5.91 Å². The van der Waals surface area contributed by atoms with Crippen molar-refractivity contribution >= 4 is 17.6 Å². The lowest BCUT2D eigenvalue weighted by Gasteiger charge is -2.41. The minimum Gasteiger partial charge on any atom is -0.466 e. The van der Waals surface area contributed by atoms with Gasteiger partial charge in [-0.25, -0.2) is 0 Å². The highest BCUT2D eigenvalue weighted by Crippen LogP contribution is 2.42. The van der Waals surface area contributed by atoms with Crippen molar-refractivity contribution in [2.45, 2.75) is 76.3 Å². The van der Waals surface area contributed by atoms with E-state index in [4.69, 9.17) is 4.74 Å². The maximum absolute atomic E-state index is 13.3. The number of hydrogen-bond acceptors (Lipinski definition) is 4. The number of hydrogen-bond donors (Lipinski definition) is 0. The summed E-state index contributed by atoms with van der Waals surface area (Å²) in [7, 11) is 0. The fourth-order valence-electron chi connectivity index (χ4n) is 5.34. The molecule has 0 radical (unpaired) electrons. The minimum absolute atomic E-state index is 0.0744. The molecule has 1 amide bonds. The summed E-state index contributed by atoms with van der Waals surface area (Å²) in [6.45, 7) is 4.30. The van der Waals surface area contributed by atoms with Gasteiger partial charge in [0.25, 0.3) is 0 Å². The quantitative estimate of drug-likeness (QED) is 0.723. The molecule has 4 rings (SSSR count). The second-order valence-corrected chi connectivity index (χ2v) is 8.39. The Morgan fingerprint density at radius 2 is 1.75 bits per heavy atom. The maximum atomic E-state index is 13.3. The van der Waals surface area contributed by atoms with Gasteiger partial charge in [0.05, 0.1) is 18.9 Å². The number of fused-ring (bicyclic) bond motifs is 1. The summed E-state index contributed by atoms with van der Waals surface area (Å²) >= 11 is 0. The van der Waals surface area contributed by atoms with Gasteiger partial charge < -0.3 is 14.5 Å². The number of rotatable bonds is 5. The number of ether oxygens (including phenoxy) is 1. The number of amides is 1. The fourth-order valence-corrected chi connectivity index (χ4v) is 5.34. The second-order valence-electron chi connectivity index (χ2n) is 8.39. The van der Waals surface area contributed by atoms with Crippen molar-refractivity contribution in [3.63, 3.8) is 0 Å². The summed E-state index contributed by atoms with van der Waals surface area (Å²) in [5.74, 6) is -0.610. The standard InChI is InChI=1S/C23H32N2O3/c1-2-28-22(26)16-20-19-10-6-7-11-21(19)25(23(20)27)18-12-14-24(15-13-18)17-8-4-3-5-9-17/h6-7,10-11,17-18,20H,2-5,8-9,12-16H2,1H3. The summed E-state index contributed by atoms with van der Waals surface area (Å²) in [4.78, 5) is 30.0. The third kappa shape index (κ3) is 3.82. The summed E-state index contributed by atoms with van der Waals surface area (Å²) < 4.78 is 5.11. The van der Waals surface area contributed by atoms with Crippen LogP contribution in [0.2, 0.25) is 0 Å². The molecule has 0 bridgehead atoms. The summed E-state index contributed by atoms with van der Waals surface area (Å²) in [6.07, 6.45) is 8.94. The van der Waals surface area contributed by atoms with Crippen molar-refractivity contribution in [2.24, 2.45) is 0 Å². The summed E-state index contributed by atoms with van der Waals surface area (Å²) in [6, 6.07) is 8.95. The molecule has 1 aromatic carbocycles. The first-order chi connectivity index (χ1) is 13.7. The van der Waals surface area contributed by atoms with Crippen LogP contribution in [0.5, 0.6) is 0 Å². The molecule has 1 aliphatic carbocycles. The molecule has 0 spiro atoms. The number of esters is 1. The molecular formula is C23H32N2O3. The highest BCUT2D eigenvalue weighted by molar-refractivity contribution is 6.06. The molecule has 1 atom stereocenters. The first-order valence-corrected chi connectivity index (χ1v) is 11.0. The molecular weight excluding hydrogens is 352 g/mol. The second kappa shape index (κ2) is 8.64. The number of carbonyl (C=O) groups excluding carboxylic acids is 2. The first-order valence-electron chi connectivity index (χ1n) is 11.0. The smallest absolute Gasteiger partial charge is 0.306 e. The molecule has 28 heavy (non-hydrogen) atoms. The Bertz CT molecular complexity index is 706. The van der Waals surface area contributed by atoms with Gasteiger partial charge >= 0.3 is 5.97 Å². The number of para-hydroxylation sites is 1. The number of nitrogens with zero attached hydrogens (tertiary/aromatic N) is 2. The number of benzene rings is 1. The number of anilines is 1. The predicted molar refractivity (Wildman–Crippen MR) is 109 cm³/mol. The lowest BCUT2D eigenvalue weighted by molar-refractivity contribution is -0.144. The Balaban J connectivity index is 1.46. The zero-order chi connectivity index (χ0) is 19.5. The number of likely N-dealkylation sites (tertiary alicyclic amines) is 1. The van der Waals surface area contributed by atoms with Crippen LogP contribution in [0.15, 0.2) is 24.3 Å². The van der Waals surface area contributed by atoms with E-state index in [9.17, 15) is 9.59 Å². The Labute approximate surface area is 168 Å². The van der Waals surface area contributed by atoms with Gasteiger partial charge in [0.15, 0.2) is 0 Å². The molecule has 1 saturated carbocycles. The van der Waals surface area contributed by atoms with Crippen molar-refractivity contribution < 1.29 is 14.3 Å². The lowest BCUT2D eigenvalue weighted by atomic mass is 9.91. The predicted octanol–water partition coefficient (Wildman–Crippen LogP) is 3.87. The van der Waals surface area contributed by atoms with Gasteiger partial charge in [-0.3, -0.25) is 9.59 Å². The van der Waals surface area contributed by atoms with Crippen molar-refractivity contribution in [1.29, 1.82) is 0 Å². The van der Waals surface area contributed by atoms with Gasteiger partial charge in [0.1, 0.15) is 0 Å². The molecule has 2 aliphatic heterocycles. The van der Waals surface area contributed by atoms with Crippen LogP contribution in [-0.4, -0.2) is 48.6 Å². The number of piperidine rings is 1. The Kier molecular flexibility index (Phi) is 6.00. The van der Waals surface area contributed by atoms with Crippen LogP contribution in [0.3, 0.4) is 0 Å². The number of carbonyl (C=O) groups is 2. The molecule has 3 aliphatic rings. The highest BCUT2D eigenvalue weighted by atomic mass is 16.5. The molecule has 2 fully saturated rings. The van der Waals surface area contributed by atoms with Crippen LogP contribution >= 0.6 is 0 Å². The average Bonchev–Trinajstić information content (AvgIpc) is 3.01. The Hall–Kier alpha value is -1.88. The van der Waals surface area contributed by atoms with Crippen LogP contribution < -0.4 is 4.90 Å². The molecule has 5 nitrogen and oxygen atoms in total. The molecule has 1 aromatic rings. The summed E-state index contributed by atoms with van der Waals surface area (Å²) in [5.41, 5.74) is 1.98. The van der Waals surface area contributed by atoms with Crippen LogP contribution in [-0.2, 0) is 14.3 Å². The normalized spacial score (nSPS) is 24.4. The topological polar surface area (TPSA) is 49.9 Å². The fraction of sp³-hybridized carbons (Fsp3) is 0.652. The van der Waals surface area contributed by atoms with Crippen molar-refractivity contribution in [3.05, 3.63) is 29.8 Å². The van der Waals surface area contributed by atoms with Gasteiger partial charge in [-0.1, -0.05) is 37.5 Å². The van der Waals surface area contributed by atoms with Crippen molar-refractivity contribution in [1.82, 2.24) is 4.90 Å².